The number of urea groups is 1. The molecule has 0 unspecified atom stereocenters. The Morgan fingerprint density at radius 1 is 1.39 bits per heavy atom. The molecule has 18 heavy (non-hydrogen) atoms. The first-order valence-electron chi connectivity index (χ1n) is 5.52. The zero-order valence-corrected chi connectivity index (χ0v) is 10.5. The van der Waals surface area contributed by atoms with Gasteiger partial charge in [-0.15, -0.1) is 0 Å². The summed E-state index contributed by atoms with van der Waals surface area (Å²) in [7, 11) is 0. The highest BCUT2D eigenvalue weighted by molar-refractivity contribution is 6.33. The van der Waals surface area contributed by atoms with Crippen LogP contribution in [-0.4, -0.2) is 22.6 Å². The van der Waals surface area contributed by atoms with Gasteiger partial charge in [-0.1, -0.05) is 17.7 Å². The molecular formula is C12H13ClN2O3. The summed E-state index contributed by atoms with van der Waals surface area (Å²) in [5.41, 5.74) is 0.324. The van der Waals surface area contributed by atoms with Crippen molar-refractivity contribution in [2.24, 2.45) is 0 Å². The van der Waals surface area contributed by atoms with Crippen LogP contribution in [0.2, 0.25) is 5.02 Å². The Morgan fingerprint density at radius 2 is 2.06 bits per heavy atom. The quantitative estimate of drug-likeness (QED) is 0.788. The van der Waals surface area contributed by atoms with Gasteiger partial charge in [0.05, 0.1) is 10.7 Å². The highest BCUT2D eigenvalue weighted by Crippen LogP contribution is 2.35. The van der Waals surface area contributed by atoms with Crippen LogP contribution in [0.4, 0.5) is 10.5 Å². The molecule has 0 aromatic heterocycles. The highest BCUT2D eigenvalue weighted by Gasteiger charge is 2.51. The van der Waals surface area contributed by atoms with Crippen molar-refractivity contribution >= 4 is 29.3 Å². The van der Waals surface area contributed by atoms with Crippen molar-refractivity contribution in [3.8, 4) is 0 Å². The number of carbonyl (C=O) groups excluding carboxylic acids is 1. The minimum absolute atomic E-state index is 0.413. The minimum Gasteiger partial charge on any atom is -0.480 e. The fourth-order valence-corrected chi connectivity index (χ4v) is 1.79. The van der Waals surface area contributed by atoms with Crippen LogP contribution >= 0.6 is 11.6 Å². The smallest absolute Gasteiger partial charge is 0.329 e. The van der Waals surface area contributed by atoms with Gasteiger partial charge in [-0.05, 0) is 37.5 Å². The molecule has 6 heteroatoms. The van der Waals surface area contributed by atoms with Gasteiger partial charge in [0.2, 0.25) is 0 Å². The van der Waals surface area contributed by atoms with Gasteiger partial charge < -0.3 is 15.7 Å². The molecule has 1 aromatic rings. The summed E-state index contributed by atoms with van der Waals surface area (Å²) in [6.07, 6.45) is 0.911. The van der Waals surface area contributed by atoms with Crippen LogP contribution in [0.3, 0.4) is 0 Å². The zero-order valence-electron chi connectivity index (χ0n) is 9.79. The van der Waals surface area contributed by atoms with Crippen LogP contribution in [-0.2, 0) is 4.79 Å². The largest absolute Gasteiger partial charge is 0.480 e. The van der Waals surface area contributed by atoms with Crippen LogP contribution in [0.15, 0.2) is 18.2 Å². The van der Waals surface area contributed by atoms with Gasteiger partial charge in [-0.3, -0.25) is 0 Å². The molecule has 96 valence electrons. The van der Waals surface area contributed by atoms with Crippen molar-refractivity contribution in [3.63, 3.8) is 0 Å². The van der Waals surface area contributed by atoms with Crippen molar-refractivity contribution in [3.05, 3.63) is 28.8 Å². The molecule has 3 N–H and O–H groups in total. The molecule has 2 amide bonds. The Morgan fingerprint density at radius 3 is 2.61 bits per heavy atom. The zero-order chi connectivity index (χ0) is 13.3. The summed E-state index contributed by atoms with van der Waals surface area (Å²) in [6.45, 7) is 1.87. The van der Waals surface area contributed by atoms with Crippen LogP contribution in [0, 0.1) is 6.92 Å². The van der Waals surface area contributed by atoms with Gasteiger partial charge in [-0.2, -0.15) is 0 Å². The van der Waals surface area contributed by atoms with Crippen molar-refractivity contribution in [1.82, 2.24) is 5.32 Å². The van der Waals surface area contributed by atoms with Gasteiger partial charge in [0.15, 0.2) is 0 Å². The maximum atomic E-state index is 11.7. The fourth-order valence-electron chi connectivity index (χ4n) is 1.62. The first kappa shape index (κ1) is 12.7. The van der Waals surface area contributed by atoms with Gasteiger partial charge in [0, 0.05) is 0 Å². The lowest BCUT2D eigenvalue weighted by Crippen LogP contribution is -2.45. The van der Waals surface area contributed by atoms with Gasteiger partial charge in [-0.25, -0.2) is 9.59 Å². The van der Waals surface area contributed by atoms with E-state index < -0.39 is 17.5 Å². The number of rotatable bonds is 3. The molecule has 0 saturated heterocycles. The third-order valence-corrected chi connectivity index (χ3v) is 3.21. The van der Waals surface area contributed by atoms with Crippen LogP contribution in [0.5, 0.6) is 0 Å². The summed E-state index contributed by atoms with van der Waals surface area (Å²) < 4.78 is 0. The van der Waals surface area contributed by atoms with Crippen molar-refractivity contribution in [2.75, 3.05) is 5.32 Å². The van der Waals surface area contributed by atoms with Gasteiger partial charge in [0.25, 0.3) is 0 Å². The lowest BCUT2D eigenvalue weighted by Gasteiger charge is -2.14. The van der Waals surface area contributed by atoms with Crippen LogP contribution in [0.25, 0.3) is 0 Å². The predicted octanol–water partition coefficient (Wildman–Crippen LogP) is 2.39. The molecule has 1 aromatic carbocycles. The number of aryl methyl sites for hydroxylation is 1. The second kappa shape index (κ2) is 4.49. The number of hydrogen-bond acceptors (Lipinski definition) is 2. The monoisotopic (exact) mass is 268 g/mol. The lowest BCUT2D eigenvalue weighted by atomic mass is 10.2. The van der Waals surface area contributed by atoms with E-state index >= 15 is 0 Å². The van der Waals surface area contributed by atoms with Crippen LogP contribution in [0.1, 0.15) is 18.4 Å². The summed E-state index contributed by atoms with van der Waals surface area (Å²) >= 11 is 5.93. The Hall–Kier alpha value is -1.75. The predicted molar refractivity (Wildman–Crippen MR) is 67.9 cm³/mol. The highest BCUT2D eigenvalue weighted by atomic mass is 35.5. The Bertz CT molecular complexity index is 512. The molecule has 1 aliphatic rings. The molecule has 0 bridgehead atoms. The number of aliphatic carboxylic acids is 1. The number of halogens is 1. The van der Waals surface area contributed by atoms with E-state index in [1.165, 1.54) is 0 Å². The molecule has 0 aliphatic heterocycles. The van der Waals surface area contributed by atoms with Crippen molar-refractivity contribution in [1.29, 1.82) is 0 Å². The van der Waals surface area contributed by atoms with E-state index in [4.69, 9.17) is 16.7 Å². The van der Waals surface area contributed by atoms with Gasteiger partial charge in [0.1, 0.15) is 5.54 Å². The third-order valence-electron chi connectivity index (χ3n) is 2.88. The SMILES string of the molecule is Cc1ccc(Cl)c(NC(=O)NC2(C(=O)O)CC2)c1. The molecule has 0 atom stereocenters. The second-order valence-corrected chi connectivity index (χ2v) is 4.86. The van der Waals surface area contributed by atoms with E-state index in [1.807, 2.05) is 13.0 Å². The summed E-state index contributed by atoms with van der Waals surface area (Å²) in [5.74, 6) is -1.01. The Labute approximate surface area is 109 Å². The second-order valence-electron chi connectivity index (χ2n) is 4.45. The number of carbonyl (C=O) groups is 2. The molecule has 1 aliphatic carbocycles. The number of carboxylic acids is 1. The van der Waals surface area contributed by atoms with Crippen LogP contribution < -0.4 is 10.6 Å². The Kier molecular flexibility index (Phi) is 3.17. The van der Waals surface area contributed by atoms with E-state index in [2.05, 4.69) is 10.6 Å². The average Bonchev–Trinajstić information content (AvgIpc) is 3.04. The molecule has 0 spiro atoms. The van der Waals surface area contributed by atoms with E-state index in [-0.39, 0.29) is 0 Å². The molecule has 0 heterocycles. The summed E-state index contributed by atoms with van der Waals surface area (Å²) in [5, 5.41) is 14.4. The summed E-state index contributed by atoms with van der Waals surface area (Å²) in [4.78, 5) is 22.6. The topological polar surface area (TPSA) is 78.4 Å². The van der Waals surface area contributed by atoms with E-state index in [1.54, 1.807) is 12.1 Å². The number of hydrogen-bond donors (Lipinski definition) is 3. The molecule has 1 fully saturated rings. The maximum absolute atomic E-state index is 11.7. The number of anilines is 1. The first-order chi connectivity index (χ1) is 8.43. The maximum Gasteiger partial charge on any atom is 0.329 e. The van der Waals surface area contributed by atoms with Crippen molar-refractivity contribution < 1.29 is 14.7 Å². The van der Waals surface area contributed by atoms with Gasteiger partial charge >= 0.3 is 12.0 Å². The van der Waals surface area contributed by atoms with Crippen molar-refractivity contribution in [2.45, 2.75) is 25.3 Å². The minimum atomic E-state index is -1.10. The normalized spacial score (nSPS) is 15.9. The number of benzene rings is 1. The molecule has 5 nitrogen and oxygen atoms in total. The number of carboxylic acid groups (broad SMARTS) is 1. The molecular weight excluding hydrogens is 256 g/mol. The molecule has 0 radical (unpaired) electrons. The lowest BCUT2D eigenvalue weighted by molar-refractivity contribution is -0.140. The summed E-state index contributed by atoms with van der Waals surface area (Å²) in [6, 6.07) is 4.67. The number of amides is 2. The van der Waals surface area contributed by atoms with E-state index in [9.17, 15) is 9.59 Å². The molecule has 2 rings (SSSR count). The fraction of sp³-hybridized carbons (Fsp3) is 0.333. The molecule has 1 saturated carbocycles. The van der Waals surface area contributed by atoms with E-state index in [0.717, 1.165) is 5.56 Å². The third kappa shape index (κ3) is 2.56. The van der Waals surface area contributed by atoms with E-state index in [0.29, 0.717) is 23.6 Å². The standard InChI is InChI=1S/C12H13ClN2O3/c1-7-2-3-8(13)9(6-7)14-11(18)15-12(4-5-12)10(16)17/h2-3,6H,4-5H2,1H3,(H,16,17)(H2,14,15,18). The first-order valence-corrected chi connectivity index (χ1v) is 5.89. The number of nitrogens with one attached hydrogen (secondary N) is 2. The average molecular weight is 269 g/mol. The Balaban J connectivity index is 2.04.